The van der Waals surface area contributed by atoms with E-state index in [4.69, 9.17) is 18.9 Å². The lowest BCUT2D eigenvalue weighted by molar-refractivity contribution is -0.148. The summed E-state index contributed by atoms with van der Waals surface area (Å²) in [5.74, 6) is 1.08. The second-order valence-electron chi connectivity index (χ2n) is 7.46. The van der Waals surface area contributed by atoms with Crippen molar-refractivity contribution in [1.82, 2.24) is 0 Å². The highest BCUT2D eigenvalue weighted by atomic mass is 16.6. The predicted molar refractivity (Wildman–Crippen MR) is 125 cm³/mol. The van der Waals surface area contributed by atoms with Crippen LogP contribution in [0.25, 0.3) is 10.8 Å². The smallest absolute Gasteiger partial charge is 0.333 e. The molecule has 0 aliphatic rings. The summed E-state index contributed by atoms with van der Waals surface area (Å²) in [4.78, 5) is 12.0. The summed E-state index contributed by atoms with van der Waals surface area (Å²) < 4.78 is 23.0. The molecular weight excluding hydrogens is 392 g/mol. The van der Waals surface area contributed by atoms with E-state index in [1.807, 2.05) is 36.4 Å². The van der Waals surface area contributed by atoms with Crippen molar-refractivity contribution in [2.75, 3.05) is 26.4 Å². The molecule has 0 amide bonds. The molecule has 0 aliphatic carbocycles. The molecule has 2 rings (SSSR count). The third-order valence-corrected chi connectivity index (χ3v) is 4.69. The zero-order valence-electron chi connectivity index (χ0n) is 18.7. The van der Waals surface area contributed by atoms with E-state index in [1.54, 1.807) is 13.0 Å². The fraction of sp³-hybridized carbons (Fsp3) is 0.423. The van der Waals surface area contributed by atoms with Crippen LogP contribution in [-0.2, 0) is 14.3 Å². The number of carbonyl (C=O) groups is 1. The molecule has 31 heavy (non-hydrogen) atoms. The van der Waals surface area contributed by atoms with E-state index in [0.29, 0.717) is 24.5 Å². The van der Waals surface area contributed by atoms with E-state index in [9.17, 15) is 4.79 Å². The van der Waals surface area contributed by atoms with E-state index in [1.165, 1.54) is 19.3 Å². The molecule has 2 aromatic carbocycles. The van der Waals surface area contributed by atoms with Crippen molar-refractivity contribution < 1.29 is 23.7 Å². The Labute approximate surface area is 185 Å². The Hall–Kier alpha value is -2.79. The molecule has 0 saturated heterocycles. The monoisotopic (exact) mass is 426 g/mol. The number of ether oxygens (including phenoxy) is 4. The third-order valence-electron chi connectivity index (χ3n) is 4.69. The van der Waals surface area contributed by atoms with Gasteiger partial charge in [-0.2, -0.15) is 0 Å². The first-order valence-electron chi connectivity index (χ1n) is 10.9. The van der Waals surface area contributed by atoms with Gasteiger partial charge in [0, 0.05) is 16.3 Å². The van der Waals surface area contributed by atoms with Crippen LogP contribution in [0.3, 0.4) is 0 Å². The maximum Gasteiger partial charge on any atom is 0.333 e. The second kappa shape index (κ2) is 13.5. The van der Waals surface area contributed by atoms with Crippen LogP contribution in [0.5, 0.6) is 11.5 Å². The van der Waals surface area contributed by atoms with Crippen LogP contribution < -0.4 is 9.47 Å². The Morgan fingerprint density at radius 1 is 1.00 bits per heavy atom. The molecule has 0 fully saturated rings. The summed E-state index contributed by atoms with van der Waals surface area (Å²) in [6.45, 7) is 12.5. The van der Waals surface area contributed by atoms with Gasteiger partial charge in [-0.1, -0.05) is 63.1 Å². The lowest BCUT2D eigenvalue weighted by Crippen LogP contribution is -2.30. The van der Waals surface area contributed by atoms with Gasteiger partial charge in [-0.05, 0) is 25.5 Å². The van der Waals surface area contributed by atoms with Crippen LogP contribution in [0.4, 0.5) is 0 Å². The van der Waals surface area contributed by atoms with Crippen molar-refractivity contribution in [2.45, 2.75) is 45.6 Å². The van der Waals surface area contributed by atoms with Gasteiger partial charge in [0.05, 0.1) is 19.8 Å². The van der Waals surface area contributed by atoms with Gasteiger partial charge in [0.25, 0.3) is 0 Å². The highest BCUT2D eigenvalue weighted by Gasteiger charge is 2.17. The van der Waals surface area contributed by atoms with Crippen LogP contribution >= 0.6 is 0 Å². The third kappa shape index (κ3) is 8.10. The fourth-order valence-corrected chi connectivity index (χ4v) is 3.04. The minimum atomic E-state index is -0.558. The maximum atomic E-state index is 12.0. The van der Waals surface area contributed by atoms with Crippen LogP contribution in [0.2, 0.25) is 0 Å². The Kier molecular flexibility index (Phi) is 10.7. The van der Waals surface area contributed by atoms with Crippen LogP contribution in [0, 0.1) is 0 Å². The largest absolute Gasteiger partial charge is 0.493 e. The van der Waals surface area contributed by atoms with E-state index in [-0.39, 0.29) is 13.2 Å². The highest BCUT2D eigenvalue weighted by Crippen LogP contribution is 2.33. The minimum absolute atomic E-state index is 0.164. The summed E-state index contributed by atoms with van der Waals surface area (Å²) in [6.07, 6.45) is 5.74. The predicted octanol–water partition coefficient (Wildman–Crippen LogP) is 5.87. The summed E-state index contributed by atoms with van der Waals surface area (Å²) in [7, 11) is 0. The first kappa shape index (κ1) is 24.5. The fourth-order valence-electron chi connectivity index (χ4n) is 3.04. The van der Waals surface area contributed by atoms with Gasteiger partial charge in [-0.25, -0.2) is 4.79 Å². The summed E-state index contributed by atoms with van der Waals surface area (Å²) in [6, 6.07) is 11.8. The van der Waals surface area contributed by atoms with Gasteiger partial charge in [0.15, 0.2) is 6.10 Å². The quantitative estimate of drug-likeness (QED) is 0.154. The molecule has 0 aromatic heterocycles. The van der Waals surface area contributed by atoms with Gasteiger partial charge in [-0.3, -0.25) is 0 Å². The molecule has 0 bridgehead atoms. The first-order valence-corrected chi connectivity index (χ1v) is 10.9. The average molecular weight is 427 g/mol. The van der Waals surface area contributed by atoms with Crippen molar-refractivity contribution in [3.8, 4) is 11.5 Å². The Morgan fingerprint density at radius 3 is 2.29 bits per heavy atom. The SMILES string of the molecule is C=CCOCC(COc1ccc(OCCCCCC)c2ccccc12)OC(=O)C(=C)C. The van der Waals surface area contributed by atoms with E-state index in [2.05, 4.69) is 20.1 Å². The van der Waals surface area contributed by atoms with Crippen LogP contribution in [0.15, 0.2) is 61.2 Å². The zero-order chi connectivity index (χ0) is 22.5. The standard InChI is InChI=1S/C26H34O5/c1-5-7-8-11-17-29-24-14-15-25(23-13-10-9-12-22(23)24)30-19-21(18-28-16-6-2)31-26(27)20(3)4/h6,9-10,12-15,21H,2-3,5,7-8,11,16-19H2,1,4H3. The lowest BCUT2D eigenvalue weighted by Gasteiger charge is -2.19. The molecule has 5 heteroatoms. The van der Waals surface area contributed by atoms with E-state index < -0.39 is 12.1 Å². The number of carbonyl (C=O) groups excluding carboxylic acids is 1. The van der Waals surface area contributed by atoms with Gasteiger partial charge < -0.3 is 18.9 Å². The second-order valence-corrected chi connectivity index (χ2v) is 7.46. The molecule has 0 N–H and O–H groups in total. The number of unbranched alkanes of at least 4 members (excludes halogenated alkanes) is 3. The number of benzene rings is 2. The van der Waals surface area contributed by atoms with Crippen molar-refractivity contribution in [2.24, 2.45) is 0 Å². The van der Waals surface area contributed by atoms with Crippen molar-refractivity contribution in [3.05, 3.63) is 61.2 Å². The van der Waals surface area contributed by atoms with Gasteiger partial charge >= 0.3 is 5.97 Å². The molecule has 5 nitrogen and oxygen atoms in total. The van der Waals surface area contributed by atoms with Gasteiger partial charge in [-0.15, -0.1) is 6.58 Å². The Bertz CT molecular complexity index is 858. The average Bonchev–Trinajstić information content (AvgIpc) is 2.77. The lowest BCUT2D eigenvalue weighted by atomic mass is 10.1. The maximum absolute atomic E-state index is 12.0. The molecule has 1 unspecified atom stereocenters. The van der Waals surface area contributed by atoms with Gasteiger partial charge in [0.2, 0.25) is 0 Å². The number of fused-ring (bicyclic) bond motifs is 1. The van der Waals surface area contributed by atoms with Crippen molar-refractivity contribution in [3.63, 3.8) is 0 Å². The summed E-state index contributed by atoms with van der Waals surface area (Å²) in [5, 5.41) is 1.94. The highest BCUT2D eigenvalue weighted by molar-refractivity contribution is 5.93. The van der Waals surface area contributed by atoms with Crippen LogP contribution in [-0.4, -0.2) is 38.5 Å². The summed E-state index contributed by atoms with van der Waals surface area (Å²) >= 11 is 0. The summed E-state index contributed by atoms with van der Waals surface area (Å²) in [5.41, 5.74) is 0.333. The Morgan fingerprint density at radius 2 is 1.68 bits per heavy atom. The van der Waals surface area contributed by atoms with E-state index in [0.717, 1.165) is 22.9 Å². The molecule has 0 saturated carbocycles. The molecule has 0 heterocycles. The molecule has 0 radical (unpaired) electrons. The number of rotatable bonds is 15. The van der Waals surface area contributed by atoms with Crippen molar-refractivity contribution in [1.29, 1.82) is 0 Å². The van der Waals surface area contributed by atoms with Gasteiger partial charge in [0.1, 0.15) is 18.1 Å². The topological polar surface area (TPSA) is 54.0 Å². The number of hydrogen-bond donors (Lipinski definition) is 0. The number of hydrogen-bond acceptors (Lipinski definition) is 5. The first-order chi connectivity index (χ1) is 15.1. The number of esters is 1. The Balaban J connectivity index is 2.08. The van der Waals surface area contributed by atoms with Crippen LogP contribution in [0.1, 0.15) is 39.5 Å². The molecule has 1 atom stereocenters. The normalized spacial score (nSPS) is 11.7. The van der Waals surface area contributed by atoms with Crippen molar-refractivity contribution >= 4 is 16.7 Å². The molecular formula is C26H34O5. The molecule has 0 spiro atoms. The molecule has 168 valence electrons. The molecule has 0 aliphatic heterocycles. The zero-order valence-corrected chi connectivity index (χ0v) is 18.7. The molecule has 2 aromatic rings. The van der Waals surface area contributed by atoms with E-state index >= 15 is 0 Å². The minimum Gasteiger partial charge on any atom is -0.493 e.